The lowest BCUT2D eigenvalue weighted by Crippen LogP contribution is -2.42. The first-order valence-corrected chi connectivity index (χ1v) is 13.3. The molecule has 0 saturated carbocycles. The number of fused-ring (bicyclic) bond motifs is 1. The second kappa shape index (κ2) is 12.6. The fourth-order valence-corrected chi connectivity index (χ4v) is 5.00. The number of nitrogens with one attached hydrogen (secondary N) is 1. The smallest absolute Gasteiger partial charge is 0.255 e. The molecule has 0 aliphatic heterocycles. The number of amides is 2. The lowest BCUT2D eigenvalue weighted by atomic mass is 9.93. The minimum atomic E-state index is -1.39. The minimum Gasteiger partial charge on any atom is -0.493 e. The van der Waals surface area contributed by atoms with Crippen LogP contribution in [0.2, 0.25) is 0 Å². The number of benzene rings is 3. The van der Waals surface area contributed by atoms with Crippen molar-refractivity contribution in [2.45, 2.75) is 32.9 Å². The first kappa shape index (κ1) is 28.5. The van der Waals surface area contributed by atoms with Gasteiger partial charge in [0.1, 0.15) is 11.6 Å². The predicted octanol–water partition coefficient (Wildman–Crippen LogP) is 4.36. The maximum Gasteiger partial charge on any atom is 0.255 e. The topological polar surface area (TPSA) is 144 Å². The fraction of sp³-hybridized carbons (Fsp3) is 0.258. The molecule has 1 aromatic heterocycles. The van der Waals surface area contributed by atoms with E-state index in [0.29, 0.717) is 59.2 Å². The number of primary amides is 1. The normalized spacial score (nSPS) is 12.7. The number of aliphatic hydroxyl groups excluding tert-OH is 1. The van der Waals surface area contributed by atoms with Crippen LogP contribution in [0.3, 0.4) is 0 Å². The van der Waals surface area contributed by atoms with Crippen LogP contribution >= 0.6 is 0 Å². The number of anilines is 2. The summed E-state index contributed by atoms with van der Waals surface area (Å²) in [6, 6.07) is 19.0. The molecule has 1 heterocycles. The summed E-state index contributed by atoms with van der Waals surface area (Å²) in [5.41, 5.74) is 14.5. The molecule has 9 nitrogen and oxygen atoms in total. The van der Waals surface area contributed by atoms with E-state index in [0.717, 1.165) is 10.8 Å². The molecule has 4 aromatic rings. The molecule has 0 saturated heterocycles. The summed E-state index contributed by atoms with van der Waals surface area (Å²) in [4.78, 5) is 31.6. The molecular formula is C31H35N5O4. The third-order valence-electron chi connectivity index (χ3n) is 6.97. The average Bonchev–Trinajstić information content (AvgIpc) is 2.95. The number of aromatic nitrogens is 1. The number of nitrogens with two attached hydrogens (primary N) is 2. The minimum absolute atomic E-state index is 0.379. The zero-order valence-corrected chi connectivity index (χ0v) is 22.9. The van der Waals surface area contributed by atoms with Gasteiger partial charge in [-0.3, -0.25) is 14.5 Å². The van der Waals surface area contributed by atoms with Gasteiger partial charge in [-0.25, -0.2) is 4.98 Å². The van der Waals surface area contributed by atoms with Gasteiger partial charge in [0.25, 0.3) is 5.91 Å². The van der Waals surface area contributed by atoms with E-state index in [-0.39, 0.29) is 0 Å². The van der Waals surface area contributed by atoms with Crippen LogP contribution in [0.5, 0.6) is 5.75 Å². The van der Waals surface area contributed by atoms with Gasteiger partial charge in [-0.1, -0.05) is 44.2 Å². The summed E-state index contributed by atoms with van der Waals surface area (Å²) in [6.07, 6.45) is 0.215. The first-order chi connectivity index (χ1) is 19.3. The van der Waals surface area contributed by atoms with Crippen LogP contribution in [0.4, 0.5) is 11.5 Å². The number of likely N-dealkylation sites (N-methyl/N-ethyl adjacent to an activating group) is 1. The van der Waals surface area contributed by atoms with Crippen LogP contribution < -0.4 is 21.5 Å². The van der Waals surface area contributed by atoms with Gasteiger partial charge >= 0.3 is 0 Å². The quantitative estimate of drug-likeness (QED) is 0.221. The van der Waals surface area contributed by atoms with Gasteiger partial charge in [0.2, 0.25) is 5.91 Å². The van der Waals surface area contributed by atoms with Crippen molar-refractivity contribution in [2.75, 3.05) is 30.7 Å². The highest BCUT2D eigenvalue weighted by atomic mass is 16.5. The summed E-state index contributed by atoms with van der Waals surface area (Å²) in [5, 5.41) is 15.9. The van der Waals surface area contributed by atoms with E-state index < -0.39 is 24.0 Å². The van der Waals surface area contributed by atoms with Gasteiger partial charge in [0, 0.05) is 28.4 Å². The Morgan fingerprint density at radius 2 is 1.75 bits per heavy atom. The van der Waals surface area contributed by atoms with Crippen molar-refractivity contribution in [3.8, 4) is 16.9 Å². The monoisotopic (exact) mass is 541 g/mol. The number of nitrogen functional groups attached to an aromatic ring is 1. The summed E-state index contributed by atoms with van der Waals surface area (Å²) in [5.74, 6) is -0.148. The second-order valence-corrected chi connectivity index (χ2v) is 9.33. The molecule has 0 bridgehead atoms. The number of nitrogens with zero attached hydrogens (tertiary/aromatic N) is 2. The summed E-state index contributed by atoms with van der Waals surface area (Å²) in [7, 11) is 0. The Morgan fingerprint density at radius 1 is 1.00 bits per heavy atom. The number of aliphatic hydroxyl groups is 1. The molecular weight excluding hydrogens is 506 g/mol. The lowest BCUT2D eigenvalue weighted by molar-refractivity contribution is -0.127. The van der Waals surface area contributed by atoms with Crippen LogP contribution in [-0.4, -0.2) is 52.6 Å². The van der Waals surface area contributed by atoms with Crippen molar-refractivity contribution < 1.29 is 19.4 Å². The lowest BCUT2D eigenvalue weighted by Gasteiger charge is -2.33. The average molecular weight is 542 g/mol. The van der Waals surface area contributed by atoms with Crippen molar-refractivity contribution in [2.24, 2.45) is 5.73 Å². The van der Waals surface area contributed by atoms with Crippen molar-refractivity contribution in [3.63, 3.8) is 0 Å². The Kier molecular flexibility index (Phi) is 8.98. The number of pyridine rings is 1. The van der Waals surface area contributed by atoms with Crippen molar-refractivity contribution in [1.29, 1.82) is 0 Å². The Bertz CT molecular complexity index is 1520. The number of carbonyl (C=O) groups excluding carboxylic acids is 2. The van der Waals surface area contributed by atoms with E-state index >= 15 is 0 Å². The molecule has 0 aliphatic carbocycles. The van der Waals surface area contributed by atoms with E-state index in [2.05, 4.69) is 10.3 Å². The Hall–Kier alpha value is -4.47. The van der Waals surface area contributed by atoms with Crippen molar-refractivity contribution in [1.82, 2.24) is 9.88 Å². The predicted molar refractivity (Wildman–Crippen MR) is 158 cm³/mol. The maximum atomic E-state index is 13.4. The van der Waals surface area contributed by atoms with Gasteiger partial charge in [0.15, 0.2) is 6.10 Å². The highest BCUT2D eigenvalue weighted by Crippen LogP contribution is 2.37. The zero-order valence-electron chi connectivity index (χ0n) is 22.9. The largest absolute Gasteiger partial charge is 0.493 e. The number of rotatable bonds is 11. The Balaban J connectivity index is 1.70. The Labute approximate surface area is 233 Å². The van der Waals surface area contributed by atoms with Crippen LogP contribution in [0.25, 0.3) is 21.9 Å². The molecule has 2 amide bonds. The van der Waals surface area contributed by atoms with E-state index in [1.54, 1.807) is 36.5 Å². The second-order valence-electron chi connectivity index (χ2n) is 9.33. The number of ether oxygens (including phenoxy) is 1. The number of hydrogen-bond acceptors (Lipinski definition) is 7. The molecule has 3 aromatic carbocycles. The highest BCUT2D eigenvalue weighted by molar-refractivity contribution is 6.01. The van der Waals surface area contributed by atoms with Crippen LogP contribution in [-0.2, 0) is 4.79 Å². The molecule has 208 valence electrons. The van der Waals surface area contributed by atoms with Gasteiger partial charge in [-0.05, 0) is 72.9 Å². The standard InChI is InChI=1S/C31H35N5O4/c1-4-36(5-2)27(28(37)31(39)35-21-12-14-22-19(17-21)15-16-34-29(22)32)20-11-13-24(26(18-20)40-6-3)23-9-7-8-10-25(23)30(33)38/h7-18,27-28,37H,4-6H2,1-3H3,(H2,32,34)(H2,33,38)(H,35,39). The molecule has 0 spiro atoms. The van der Waals surface area contributed by atoms with Crippen LogP contribution in [0, 0.1) is 0 Å². The van der Waals surface area contributed by atoms with Crippen molar-refractivity contribution in [3.05, 3.63) is 84.1 Å². The van der Waals surface area contributed by atoms with Gasteiger partial charge in [-0.2, -0.15) is 0 Å². The summed E-state index contributed by atoms with van der Waals surface area (Å²) >= 11 is 0. The molecule has 9 heteroatoms. The van der Waals surface area contributed by atoms with Crippen molar-refractivity contribution >= 4 is 34.1 Å². The molecule has 40 heavy (non-hydrogen) atoms. The fourth-order valence-electron chi connectivity index (χ4n) is 5.00. The van der Waals surface area contributed by atoms with Crippen LogP contribution in [0.15, 0.2) is 72.9 Å². The molecule has 2 atom stereocenters. The maximum absolute atomic E-state index is 13.4. The van der Waals surface area contributed by atoms with E-state index in [1.807, 2.05) is 62.1 Å². The first-order valence-electron chi connectivity index (χ1n) is 13.3. The molecule has 4 rings (SSSR count). The third-order valence-corrected chi connectivity index (χ3v) is 6.97. The summed E-state index contributed by atoms with van der Waals surface area (Å²) in [6.45, 7) is 7.41. The van der Waals surface area contributed by atoms with Crippen LogP contribution in [0.1, 0.15) is 42.7 Å². The van der Waals surface area contributed by atoms with Gasteiger partial charge in [0.05, 0.1) is 12.6 Å². The molecule has 0 radical (unpaired) electrons. The van der Waals surface area contributed by atoms with Gasteiger partial charge in [-0.15, -0.1) is 0 Å². The zero-order chi connectivity index (χ0) is 28.8. The SMILES string of the molecule is CCOc1cc(C(C(O)C(=O)Nc2ccc3c(N)nccc3c2)N(CC)CC)ccc1-c1ccccc1C(N)=O. The summed E-state index contributed by atoms with van der Waals surface area (Å²) < 4.78 is 5.98. The molecule has 0 aliphatic rings. The Morgan fingerprint density at radius 3 is 2.45 bits per heavy atom. The molecule has 0 fully saturated rings. The number of carbonyl (C=O) groups is 2. The third kappa shape index (κ3) is 5.90. The van der Waals surface area contributed by atoms with Gasteiger partial charge < -0.3 is 26.6 Å². The van der Waals surface area contributed by atoms with E-state index in [4.69, 9.17) is 16.2 Å². The molecule has 2 unspecified atom stereocenters. The van der Waals surface area contributed by atoms with E-state index in [1.165, 1.54) is 0 Å². The number of hydrogen-bond donors (Lipinski definition) is 4. The molecule has 6 N–H and O–H groups in total. The van der Waals surface area contributed by atoms with E-state index in [9.17, 15) is 14.7 Å². The highest BCUT2D eigenvalue weighted by Gasteiger charge is 2.32.